The molecule has 0 saturated heterocycles. The number of pyridine rings is 1. The van der Waals surface area contributed by atoms with E-state index in [2.05, 4.69) is 9.97 Å². The Kier molecular flexibility index (Phi) is 4.47. The molecule has 0 spiro atoms. The lowest BCUT2D eigenvalue weighted by Gasteiger charge is -2.03. The second-order valence-electron chi connectivity index (χ2n) is 5.04. The number of aromatic nitrogens is 2. The molecular weight excluding hydrogens is 308 g/mol. The lowest BCUT2D eigenvalue weighted by atomic mass is 10.2. The van der Waals surface area contributed by atoms with Crippen molar-refractivity contribution in [3.63, 3.8) is 0 Å². The average molecular weight is 322 g/mol. The number of aryl methyl sites for hydroxylation is 1. The second kappa shape index (κ2) is 6.87. The van der Waals surface area contributed by atoms with Gasteiger partial charge in [0.15, 0.2) is 18.6 Å². The predicted molar refractivity (Wildman–Crippen MR) is 86.1 cm³/mol. The van der Waals surface area contributed by atoms with Crippen molar-refractivity contribution < 1.29 is 18.7 Å². The molecule has 120 valence electrons. The van der Waals surface area contributed by atoms with Crippen molar-refractivity contribution >= 4 is 12.1 Å². The molecular formula is C18H14N2O4. The van der Waals surface area contributed by atoms with Crippen molar-refractivity contribution in [3.05, 3.63) is 65.8 Å². The molecule has 0 saturated carbocycles. The van der Waals surface area contributed by atoms with Crippen molar-refractivity contribution in [2.24, 2.45) is 0 Å². The number of oxazole rings is 1. The van der Waals surface area contributed by atoms with Crippen LogP contribution in [0.4, 0.5) is 0 Å². The molecule has 3 rings (SSSR count). The zero-order valence-corrected chi connectivity index (χ0v) is 12.9. The van der Waals surface area contributed by atoms with Crippen LogP contribution in [0, 0.1) is 6.92 Å². The van der Waals surface area contributed by atoms with Crippen LogP contribution in [-0.2, 0) is 0 Å². The van der Waals surface area contributed by atoms with Crippen LogP contribution in [0.3, 0.4) is 0 Å². The monoisotopic (exact) mass is 322 g/mol. The molecule has 24 heavy (non-hydrogen) atoms. The van der Waals surface area contributed by atoms with E-state index < -0.39 is 0 Å². The van der Waals surface area contributed by atoms with E-state index in [1.54, 1.807) is 13.0 Å². The van der Waals surface area contributed by atoms with Gasteiger partial charge in [0.05, 0.1) is 6.20 Å². The van der Waals surface area contributed by atoms with Crippen LogP contribution in [0.1, 0.15) is 26.7 Å². The minimum absolute atomic E-state index is 0.191. The van der Waals surface area contributed by atoms with E-state index in [1.807, 2.05) is 30.3 Å². The molecule has 0 atom stereocenters. The van der Waals surface area contributed by atoms with Gasteiger partial charge in [-0.1, -0.05) is 18.2 Å². The summed E-state index contributed by atoms with van der Waals surface area (Å²) in [5.74, 6) is 0.946. The van der Waals surface area contributed by atoms with Gasteiger partial charge in [-0.15, -0.1) is 0 Å². The number of Topliss-reactive ketones (excluding diaryl/α,β-unsaturated/α-hetero) is 1. The van der Waals surface area contributed by atoms with E-state index in [4.69, 9.17) is 9.15 Å². The topological polar surface area (TPSA) is 82.3 Å². The molecule has 0 bridgehead atoms. The Labute approximate surface area is 138 Å². The Morgan fingerprint density at radius 1 is 1.21 bits per heavy atom. The van der Waals surface area contributed by atoms with E-state index in [1.165, 1.54) is 12.3 Å². The van der Waals surface area contributed by atoms with Gasteiger partial charge in [0.25, 0.3) is 0 Å². The van der Waals surface area contributed by atoms with E-state index in [9.17, 15) is 9.59 Å². The molecule has 0 aliphatic carbocycles. The highest BCUT2D eigenvalue weighted by Crippen LogP contribution is 2.21. The zero-order chi connectivity index (χ0) is 16.9. The smallest absolute Gasteiger partial charge is 0.226 e. The summed E-state index contributed by atoms with van der Waals surface area (Å²) in [6.07, 6.45) is 2.03. The quantitative estimate of drug-likeness (QED) is 0.512. The second-order valence-corrected chi connectivity index (χ2v) is 5.04. The minimum atomic E-state index is -0.294. The molecule has 0 amide bonds. The van der Waals surface area contributed by atoms with E-state index in [0.29, 0.717) is 29.4 Å². The van der Waals surface area contributed by atoms with E-state index >= 15 is 0 Å². The maximum absolute atomic E-state index is 12.3. The Balaban J connectivity index is 1.71. The standard InChI is InChI=1S/C18H14N2O4/c1-12-17(20-18(24-12)13-5-3-2-4-6-13)16(22)11-23-15-8-7-14(10-21)19-9-15/h2-10H,11H2,1H3. The van der Waals surface area contributed by atoms with Crippen LogP contribution in [0.2, 0.25) is 0 Å². The van der Waals surface area contributed by atoms with Crippen molar-refractivity contribution in [1.29, 1.82) is 0 Å². The third-order valence-electron chi connectivity index (χ3n) is 3.33. The van der Waals surface area contributed by atoms with Gasteiger partial charge >= 0.3 is 0 Å². The first-order chi connectivity index (χ1) is 11.7. The summed E-state index contributed by atoms with van der Waals surface area (Å²) in [7, 11) is 0. The summed E-state index contributed by atoms with van der Waals surface area (Å²) in [5, 5.41) is 0. The summed E-state index contributed by atoms with van der Waals surface area (Å²) in [5.41, 5.74) is 1.34. The van der Waals surface area contributed by atoms with Gasteiger partial charge < -0.3 is 9.15 Å². The molecule has 0 aliphatic heterocycles. The zero-order valence-electron chi connectivity index (χ0n) is 12.9. The number of ether oxygens (including phenoxy) is 1. The van der Waals surface area contributed by atoms with Crippen molar-refractivity contribution in [1.82, 2.24) is 9.97 Å². The molecule has 3 aromatic rings. The Hall–Kier alpha value is -3.28. The number of aldehydes is 1. The molecule has 0 unspecified atom stereocenters. The number of carbonyl (C=O) groups is 2. The highest BCUT2D eigenvalue weighted by atomic mass is 16.5. The van der Waals surface area contributed by atoms with Crippen molar-refractivity contribution in [2.75, 3.05) is 6.61 Å². The van der Waals surface area contributed by atoms with E-state index in [0.717, 1.165) is 5.56 Å². The van der Waals surface area contributed by atoms with Gasteiger partial charge in [-0.05, 0) is 31.2 Å². The fourth-order valence-corrected chi connectivity index (χ4v) is 2.12. The first kappa shape index (κ1) is 15.6. The van der Waals surface area contributed by atoms with Gasteiger partial charge in [-0.3, -0.25) is 9.59 Å². The van der Waals surface area contributed by atoms with Crippen LogP contribution in [0.5, 0.6) is 5.75 Å². The lowest BCUT2D eigenvalue weighted by Crippen LogP contribution is -2.13. The summed E-state index contributed by atoms with van der Waals surface area (Å²) in [4.78, 5) is 31.0. The van der Waals surface area contributed by atoms with Crippen molar-refractivity contribution in [2.45, 2.75) is 6.92 Å². The Morgan fingerprint density at radius 2 is 2.00 bits per heavy atom. The van der Waals surface area contributed by atoms with Crippen LogP contribution in [0.25, 0.3) is 11.5 Å². The van der Waals surface area contributed by atoms with Crippen molar-refractivity contribution in [3.8, 4) is 17.2 Å². The molecule has 0 aliphatic rings. The molecule has 0 radical (unpaired) electrons. The molecule has 0 N–H and O–H groups in total. The number of benzene rings is 1. The van der Waals surface area contributed by atoms with Crippen LogP contribution in [-0.4, -0.2) is 28.6 Å². The van der Waals surface area contributed by atoms with Crippen LogP contribution < -0.4 is 4.74 Å². The number of hydrogen-bond acceptors (Lipinski definition) is 6. The Morgan fingerprint density at radius 3 is 2.67 bits per heavy atom. The maximum Gasteiger partial charge on any atom is 0.226 e. The molecule has 1 aromatic carbocycles. The summed E-state index contributed by atoms with van der Waals surface area (Å²) in [6.45, 7) is 1.50. The Bertz CT molecular complexity index is 854. The first-order valence-corrected chi connectivity index (χ1v) is 7.27. The fraction of sp³-hybridized carbons (Fsp3) is 0.111. The number of ketones is 1. The number of hydrogen-bond donors (Lipinski definition) is 0. The number of carbonyl (C=O) groups excluding carboxylic acids is 2. The molecule has 6 heteroatoms. The maximum atomic E-state index is 12.3. The summed E-state index contributed by atoms with van der Waals surface area (Å²) < 4.78 is 10.9. The molecule has 0 fully saturated rings. The first-order valence-electron chi connectivity index (χ1n) is 7.27. The highest BCUT2D eigenvalue weighted by molar-refractivity contribution is 5.96. The average Bonchev–Trinajstić information content (AvgIpc) is 3.03. The summed E-state index contributed by atoms with van der Waals surface area (Å²) in [6, 6.07) is 12.4. The van der Waals surface area contributed by atoms with Crippen LogP contribution in [0.15, 0.2) is 53.1 Å². The third-order valence-corrected chi connectivity index (χ3v) is 3.33. The van der Waals surface area contributed by atoms with E-state index in [-0.39, 0.29) is 18.1 Å². The highest BCUT2D eigenvalue weighted by Gasteiger charge is 2.18. The molecule has 2 heterocycles. The SMILES string of the molecule is Cc1oc(-c2ccccc2)nc1C(=O)COc1ccc(C=O)nc1. The largest absolute Gasteiger partial charge is 0.484 e. The number of nitrogens with zero attached hydrogens (tertiary/aromatic N) is 2. The lowest BCUT2D eigenvalue weighted by molar-refractivity contribution is 0.0915. The predicted octanol–water partition coefficient (Wildman–Crippen LogP) is 3.12. The molecule has 6 nitrogen and oxygen atoms in total. The van der Waals surface area contributed by atoms with Crippen LogP contribution >= 0.6 is 0 Å². The summed E-state index contributed by atoms with van der Waals surface area (Å²) >= 11 is 0. The van der Waals surface area contributed by atoms with Gasteiger partial charge in [-0.2, -0.15) is 0 Å². The van der Waals surface area contributed by atoms with Gasteiger partial charge in [-0.25, -0.2) is 9.97 Å². The third kappa shape index (κ3) is 3.38. The number of rotatable bonds is 6. The van der Waals surface area contributed by atoms with Gasteiger partial charge in [0, 0.05) is 5.56 Å². The van der Waals surface area contributed by atoms with Gasteiger partial charge in [0.1, 0.15) is 17.2 Å². The normalized spacial score (nSPS) is 10.4. The van der Waals surface area contributed by atoms with Gasteiger partial charge in [0.2, 0.25) is 11.7 Å². The minimum Gasteiger partial charge on any atom is -0.484 e. The fourth-order valence-electron chi connectivity index (χ4n) is 2.12. The molecule has 2 aromatic heterocycles.